The van der Waals surface area contributed by atoms with Crippen molar-refractivity contribution in [3.63, 3.8) is 0 Å². The molecule has 0 amide bonds. The molecule has 2 rings (SSSR count). The van der Waals surface area contributed by atoms with Crippen molar-refractivity contribution < 1.29 is 0 Å². The van der Waals surface area contributed by atoms with Crippen LogP contribution in [0.25, 0.3) is 5.69 Å². The Balaban J connectivity index is 2.37. The van der Waals surface area contributed by atoms with E-state index in [9.17, 15) is 0 Å². The standard InChI is InChI=1S/C12H13N3S/c1-3-8-16-12-14-13-9-15(12)11-7-5-4-6-10(11)2/h3-7,9H,1,8H2,2H3. The number of nitrogens with zero attached hydrogens (tertiary/aromatic N) is 3. The number of aromatic nitrogens is 3. The predicted octanol–water partition coefficient (Wildman–Crippen LogP) is 2.85. The molecule has 0 fully saturated rings. The molecule has 16 heavy (non-hydrogen) atoms. The smallest absolute Gasteiger partial charge is 0.195 e. The van der Waals surface area contributed by atoms with Crippen molar-refractivity contribution in [1.82, 2.24) is 14.8 Å². The Morgan fingerprint density at radius 2 is 2.25 bits per heavy atom. The molecule has 0 radical (unpaired) electrons. The molecule has 2 aromatic rings. The second-order valence-corrected chi connectivity index (χ2v) is 4.36. The molecule has 4 heteroatoms. The minimum atomic E-state index is 0.838. The van der Waals surface area contributed by atoms with E-state index in [1.807, 2.05) is 22.8 Å². The second-order valence-electron chi connectivity index (χ2n) is 3.37. The summed E-state index contributed by atoms with van der Waals surface area (Å²) in [5.41, 5.74) is 2.34. The number of aryl methyl sites for hydroxylation is 1. The van der Waals surface area contributed by atoms with Crippen LogP contribution in [0.1, 0.15) is 5.56 Å². The Kier molecular flexibility index (Phi) is 3.41. The third-order valence-corrected chi connectivity index (χ3v) is 3.16. The largest absolute Gasteiger partial charge is 0.276 e. The normalized spacial score (nSPS) is 10.3. The molecule has 1 aromatic carbocycles. The Bertz CT molecular complexity index is 491. The van der Waals surface area contributed by atoms with Gasteiger partial charge < -0.3 is 0 Å². The Labute approximate surface area is 99.2 Å². The van der Waals surface area contributed by atoms with Gasteiger partial charge in [0.15, 0.2) is 5.16 Å². The van der Waals surface area contributed by atoms with Gasteiger partial charge in [0.25, 0.3) is 0 Å². The van der Waals surface area contributed by atoms with Gasteiger partial charge in [0.05, 0.1) is 5.69 Å². The number of hydrogen-bond acceptors (Lipinski definition) is 3. The minimum absolute atomic E-state index is 0.838. The summed E-state index contributed by atoms with van der Waals surface area (Å²) in [6, 6.07) is 8.19. The fraction of sp³-hybridized carbons (Fsp3) is 0.167. The number of para-hydroxylation sites is 1. The molecule has 82 valence electrons. The van der Waals surface area contributed by atoms with E-state index < -0.39 is 0 Å². The zero-order valence-electron chi connectivity index (χ0n) is 9.13. The molecule has 0 saturated carbocycles. The Morgan fingerprint density at radius 1 is 1.44 bits per heavy atom. The van der Waals surface area contributed by atoms with Crippen molar-refractivity contribution in [2.24, 2.45) is 0 Å². The van der Waals surface area contributed by atoms with Gasteiger partial charge in [-0.1, -0.05) is 36.0 Å². The maximum absolute atomic E-state index is 4.10. The molecule has 0 aliphatic rings. The fourth-order valence-electron chi connectivity index (χ4n) is 1.46. The summed E-state index contributed by atoms with van der Waals surface area (Å²) in [5.74, 6) is 0.838. The lowest BCUT2D eigenvalue weighted by atomic mass is 10.2. The maximum Gasteiger partial charge on any atom is 0.195 e. The molecular formula is C12H13N3S. The SMILES string of the molecule is C=CCSc1nncn1-c1ccccc1C. The molecule has 1 heterocycles. The van der Waals surface area contributed by atoms with Gasteiger partial charge in [-0.05, 0) is 18.6 Å². The molecule has 0 saturated heterocycles. The van der Waals surface area contributed by atoms with E-state index in [-0.39, 0.29) is 0 Å². The minimum Gasteiger partial charge on any atom is -0.276 e. The highest BCUT2D eigenvalue weighted by atomic mass is 32.2. The number of rotatable bonds is 4. The van der Waals surface area contributed by atoms with Crippen LogP contribution >= 0.6 is 11.8 Å². The van der Waals surface area contributed by atoms with Crippen LogP contribution < -0.4 is 0 Å². The predicted molar refractivity (Wildman–Crippen MR) is 67.0 cm³/mol. The highest BCUT2D eigenvalue weighted by molar-refractivity contribution is 7.99. The first-order valence-corrected chi connectivity index (χ1v) is 6.01. The molecule has 0 atom stereocenters. The van der Waals surface area contributed by atoms with Crippen LogP contribution in [0.4, 0.5) is 0 Å². The molecule has 0 bridgehead atoms. The highest BCUT2D eigenvalue weighted by Gasteiger charge is 2.07. The first-order chi connectivity index (χ1) is 7.83. The van der Waals surface area contributed by atoms with E-state index in [0.29, 0.717) is 0 Å². The van der Waals surface area contributed by atoms with Crippen molar-refractivity contribution >= 4 is 11.8 Å². The summed E-state index contributed by atoms with van der Waals surface area (Å²) < 4.78 is 2.00. The molecule has 1 aromatic heterocycles. The van der Waals surface area contributed by atoms with Gasteiger partial charge >= 0.3 is 0 Å². The van der Waals surface area contributed by atoms with Gasteiger partial charge in [-0.2, -0.15) is 0 Å². The fourth-order valence-corrected chi connectivity index (χ4v) is 2.11. The van der Waals surface area contributed by atoms with Crippen molar-refractivity contribution in [3.8, 4) is 5.69 Å². The van der Waals surface area contributed by atoms with Gasteiger partial charge in [-0.15, -0.1) is 16.8 Å². The molecule has 0 aliphatic carbocycles. The topological polar surface area (TPSA) is 30.7 Å². The lowest BCUT2D eigenvalue weighted by Crippen LogP contribution is -1.97. The van der Waals surface area contributed by atoms with Crippen LogP contribution in [0.15, 0.2) is 48.4 Å². The molecule has 0 unspecified atom stereocenters. The Hall–Kier alpha value is -1.55. The molecule has 3 nitrogen and oxygen atoms in total. The summed E-state index contributed by atoms with van der Waals surface area (Å²) in [7, 11) is 0. The van der Waals surface area contributed by atoms with Crippen LogP contribution in [-0.4, -0.2) is 20.5 Å². The quantitative estimate of drug-likeness (QED) is 0.599. The maximum atomic E-state index is 4.10. The van der Waals surface area contributed by atoms with Crippen LogP contribution in [0.3, 0.4) is 0 Å². The third-order valence-electron chi connectivity index (χ3n) is 2.22. The van der Waals surface area contributed by atoms with E-state index in [2.05, 4.69) is 35.8 Å². The summed E-state index contributed by atoms with van der Waals surface area (Å²) in [5, 5.41) is 8.95. The van der Waals surface area contributed by atoms with Gasteiger partial charge in [0, 0.05) is 5.75 Å². The van der Waals surface area contributed by atoms with E-state index in [1.54, 1.807) is 18.1 Å². The number of benzene rings is 1. The molecule has 0 spiro atoms. The molecule has 0 N–H and O–H groups in total. The average Bonchev–Trinajstić information content (AvgIpc) is 2.75. The first kappa shape index (κ1) is 11.0. The van der Waals surface area contributed by atoms with Gasteiger partial charge in [-0.3, -0.25) is 4.57 Å². The van der Waals surface area contributed by atoms with Crippen molar-refractivity contribution in [2.75, 3.05) is 5.75 Å². The zero-order chi connectivity index (χ0) is 11.4. The summed E-state index contributed by atoms with van der Waals surface area (Å²) in [6.45, 7) is 5.78. The average molecular weight is 231 g/mol. The van der Waals surface area contributed by atoms with E-state index >= 15 is 0 Å². The lowest BCUT2D eigenvalue weighted by Gasteiger charge is -2.07. The summed E-state index contributed by atoms with van der Waals surface area (Å²) in [6.07, 6.45) is 3.61. The lowest BCUT2D eigenvalue weighted by molar-refractivity contribution is 0.879. The molecule has 0 aliphatic heterocycles. The van der Waals surface area contributed by atoms with E-state index in [1.165, 1.54) is 5.56 Å². The Morgan fingerprint density at radius 3 is 3.00 bits per heavy atom. The van der Waals surface area contributed by atoms with Gasteiger partial charge in [0.1, 0.15) is 6.33 Å². The zero-order valence-corrected chi connectivity index (χ0v) is 9.94. The number of thioether (sulfide) groups is 1. The second kappa shape index (κ2) is 4.99. The van der Waals surface area contributed by atoms with Crippen molar-refractivity contribution in [1.29, 1.82) is 0 Å². The van der Waals surface area contributed by atoms with Crippen molar-refractivity contribution in [2.45, 2.75) is 12.1 Å². The summed E-state index contributed by atoms with van der Waals surface area (Å²) in [4.78, 5) is 0. The van der Waals surface area contributed by atoms with Crippen LogP contribution in [0, 0.1) is 6.92 Å². The third kappa shape index (κ3) is 2.17. The highest BCUT2D eigenvalue weighted by Crippen LogP contribution is 2.21. The molecular weight excluding hydrogens is 218 g/mol. The van der Waals surface area contributed by atoms with Crippen LogP contribution in [-0.2, 0) is 0 Å². The van der Waals surface area contributed by atoms with Gasteiger partial charge in [0.2, 0.25) is 0 Å². The monoisotopic (exact) mass is 231 g/mol. The van der Waals surface area contributed by atoms with E-state index in [4.69, 9.17) is 0 Å². The van der Waals surface area contributed by atoms with E-state index in [0.717, 1.165) is 16.6 Å². The van der Waals surface area contributed by atoms with Crippen LogP contribution in [0.2, 0.25) is 0 Å². The van der Waals surface area contributed by atoms with Crippen LogP contribution in [0.5, 0.6) is 0 Å². The van der Waals surface area contributed by atoms with Gasteiger partial charge in [-0.25, -0.2) is 0 Å². The van der Waals surface area contributed by atoms with Crippen molar-refractivity contribution in [3.05, 3.63) is 48.8 Å². The first-order valence-electron chi connectivity index (χ1n) is 5.02. The summed E-state index contributed by atoms with van der Waals surface area (Å²) >= 11 is 1.63. The number of hydrogen-bond donors (Lipinski definition) is 0.